The van der Waals surface area contributed by atoms with Crippen molar-refractivity contribution in [3.05, 3.63) is 59.7 Å². The van der Waals surface area contributed by atoms with Gasteiger partial charge >= 0.3 is 0 Å². The second-order valence-electron chi connectivity index (χ2n) is 7.22. The van der Waals surface area contributed by atoms with E-state index < -0.39 is 10.0 Å². The van der Waals surface area contributed by atoms with Gasteiger partial charge in [-0.05, 0) is 49.6 Å². The lowest BCUT2D eigenvalue weighted by atomic mass is 10.1. The largest absolute Gasteiger partial charge is 0.351 e. The van der Waals surface area contributed by atoms with Crippen LogP contribution in [0.3, 0.4) is 0 Å². The van der Waals surface area contributed by atoms with Gasteiger partial charge in [0.05, 0.1) is 4.90 Å². The molecule has 3 rings (SSSR count). The Morgan fingerprint density at radius 1 is 1.03 bits per heavy atom. The third-order valence-corrected chi connectivity index (χ3v) is 8.09. The van der Waals surface area contributed by atoms with E-state index in [9.17, 15) is 13.2 Å². The monoisotopic (exact) mass is 432 g/mol. The molecule has 0 saturated carbocycles. The van der Waals surface area contributed by atoms with E-state index in [4.69, 9.17) is 0 Å². The minimum absolute atomic E-state index is 0.241. The summed E-state index contributed by atoms with van der Waals surface area (Å²) in [5, 5.41) is 2.89. The van der Waals surface area contributed by atoms with E-state index in [0.717, 1.165) is 36.3 Å². The van der Waals surface area contributed by atoms with Gasteiger partial charge in [-0.2, -0.15) is 4.31 Å². The van der Waals surface area contributed by atoms with Crippen LogP contribution in [0.4, 0.5) is 0 Å². The first-order valence-electron chi connectivity index (χ1n) is 10.1. The van der Waals surface area contributed by atoms with Gasteiger partial charge in [-0.1, -0.05) is 37.1 Å². The highest BCUT2D eigenvalue weighted by Gasteiger charge is 2.27. The number of aryl methyl sites for hydroxylation is 1. The van der Waals surface area contributed by atoms with E-state index in [2.05, 4.69) is 5.32 Å². The number of hydrogen-bond acceptors (Lipinski definition) is 4. The average Bonchev–Trinajstić information content (AvgIpc) is 3.02. The van der Waals surface area contributed by atoms with Crippen LogP contribution in [0.1, 0.15) is 41.6 Å². The van der Waals surface area contributed by atoms with Gasteiger partial charge in [0.2, 0.25) is 10.0 Å². The third kappa shape index (κ3) is 5.84. The van der Waals surface area contributed by atoms with Gasteiger partial charge in [-0.15, -0.1) is 11.8 Å². The smallest absolute Gasteiger partial charge is 0.251 e. The van der Waals surface area contributed by atoms with Gasteiger partial charge in [0.1, 0.15) is 0 Å². The maximum absolute atomic E-state index is 13.1. The summed E-state index contributed by atoms with van der Waals surface area (Å²) < 4.78 is 27.9. The number of thioether (sulfide) groups is 1. The lowest BCUT2D eigenvalue weighted by Crippen LogP contribution is -2.33. The Morgan fingerprint density at radius 3 is 2.41 bits per heavy atom. The topological polar surface area (TPSA) is 66.5 Å². The molecule has 1 aliphatic heterocycles. The molecule has 5 nitrogen and oxygen atoms in total. The molecule has 7 heteroatoms. The van der Waals surface area contributed by atoms with Crippen LogP contribution in [0.15, 0.2) is 58.3 Å². The highest BCUT2D eigenvalue weighted by Crippen LogP contribution is 2.24. The molecule has 1 fully saturated rings. The van der Waals surface area contributed by atoms with Crippen molar-refractivity contribution in [3.63, 3.8) is 0 Å². The van der Waals surface area contributed by atoms with Crippen molar-refractivity contribution in [2.75, 3.05) is 25.4 Å². The molecule has 1 aliphatic rings. The van der Waals surface area contributed by atoms with Crippen molar-refractivity contribution < 1.29 is 13.2 Å². The molecule has 1 heterocycles. The number of sulfonamides is 1. The number of rotatable bonds is 7. The highest BCUT2D eigenvalue weighted by atomic mass is 32.2. The lowest BCUT2D eigenvalue weighted by Gasteiger charge is -2.21. The van der Waals surface area contributed by atoms with E-state index in [1.54, 1.807) is 35.1 Å². The van der Waals surface area contributed by atoms with Crippen molar-refractivity contribution in [1.82, 2.24) is 9.62 Å². The van der Waals surface area contributed by atoms with Crippen LogP contribution in [0.5, 0.6) is 0 Å². The Kier molecular flexibility index (Phi) is 7.75. The van der Waals surface area contributed by atoms with Gasteiger partial charge in [0.15, 0.2) is 0 Å². The molecule has 2 aromatic rings. The summed E-state index contributed by atoms with van der Waals surface area (Å²) in [5.74, 6) is 0.506. The molecule has 0 atom stereocenters. The first-order valence-corrected chi connectivity index (χ1v) is 12.5. The number of amides is 1. The second-order valence-corrected chi connectivity index (χ2v) is 10.3. The fourth-order valence-electron chi connectivity index (χ4n) is 3.39. The van der Waals surface area contributed by atoms with Crippen LogP contribution in [-0.4, -0.2) is 44.0 Å². The zero-order chi connectivity index (χ0) is 20.7. The fraction of sp³-hybridized carbons (Fsp3) is 0.409. The molecular weight excluding hydrogens is 404 g/mol. The first-order chi connectivity index (χ1) is 14.0. The van der Waals surface area contributed by atoms with Crippen LogP contribution >= 0.6 is 11.8 Å². The summed E-state index contributed by atoms with van der Waals surface area (Å²) >= 11 is 1.67. The molecule has 29 heavy (non-hydrogen) atoms. The summed E-state index contributed by atoms with van der Waals surface area (Å²) in [6.45, 7) is 3.40. The quantitative estimate of drug-likeness (QED) is 0.529. The van der Waals surface area contributed by atoms with E-state index in [1.807, 2.05) is 30.3 Å². The Hall–Kier alpha value is -1.83. The summed E-state index contributed by atoms with van der Waals surface area (Å²) in [6, 6.07) is 14.9. The number of carbonyl (C=O) groups excluding carboxylic acids is 1. The van der Waals surface area contributed by atoms with Gasteiger partial charge in [0.25, 0.3) is 5.91 Å². The highest BCUT2D eigenvalue weighted by molar-refractivity contribution is 7.99. The second kappa shape index (κ2) is 10.3. The SMILES string of the molecule is Cc1ccc(C(=O)NCCSc2ccccc2)cc1S(=O)(=O)N1CCCCCC1. The lowest BCUT2D eigenvalue weighted by molar-refractivity contribution is 0.0956. The Balaban J connectivity index is 1.65. The van der Waals surface area contributed by atoms with Crippen LogP contribution in [0.25, 0.3) is 0 Å². The van der Waals surface area contributed by atoms with Crippen LogP contribution < -0.4 is 5.32 Å². The standard InChI is InChI=1S/C22H28N2O3S2/c1-18-11-12-19(22(25)23-13-16-28-20-9-5-4-6-10-20)17-21(18)29(26,27)24-14-7-2-3-8-15-24/h4-6,9-12,17H,2-3,7-8,13-16H2,1H3,(H,23,25). The predicted molar refractivity (Wildman–Crippen MR) is 118 cm³/mol. The van der Waals surface area contributed by atoms with Crippen LogP contribution in [-0.2, 0) is 10.0 Å². The molecule has 0 aromatic heterocycles. The van der Waals surface area contributed by atoms with Crippen molar-refractivity contribution in [3.8, 4) is 0 Å². The zero-order valence-corrected chi connectivity index (χ0v) is 18.4. The molecule has 0 radical (unpaired) electrons. The van der Waals surface area contributed by atoms with E-state index in [1.165, 1.54) is 6.07 Å². The zero-order valence-electron chi connectivity index (χ0n) is 16.8. The number of nitrogens with zero attached hydrogens (tertiary/aromatic N) is 1. The molecule has 0 aliphatic carbocycles. The number of hydrogen-bond donors (Lipinski definition) is 1. The molecule has 0 unspecified atom stereocenters. The Morgan fingerprint density at radius 2 is 1.72 bits per heavy atom. The number of benzene rings is 2. The molecule has 2 aromatic carbocycles. The average molecular weight is 433 g/mol. The van der Waals surface area contributed by atoms with Gasteiger partial charge in [-0.3, -0.25) is 4.79 Å². The number of nitrogens with one attached hydrogen (secondary N) is 1. The van der Waals surface area contributed by atoms with Crippen LogP contribution in [0, 0.1) is 6.92 Å². The maximum atomic E-state index is 13.1. The first kappa shape index (κ1) is 21.9. The summed E-state index contributed by atoms with van der Waals surface area (Å²) in [5.41, 5.74) is 1.05. The summed E-state index contributed by atoms with van der Waals surface area (Å²) in [7, 11) is -3.58. The van der Waals surface area contributed by atoms with Gasteiger partial charge in [0, 0.05) is 35.8 Å². The Labute approximate surface area is 177 Å². The van der Waals surface area contributed by atoms with Crippen molar-refractivity contribution in [2.45, 2.75) is 42.4 Å². The minimum atomic E-state index is -3.58. The summed E-state index contributed by atoms with van der Waals surface area (Å²) in [6.07, 6.45) is 3.90. The van der Waals surface area contributed by atoms with Crippen molar-refractivity contribution in [1.29, 1.82) is 0 Å². The molecule has 0 spiro atoms. The molecule has 156 valence electrons. The maximum Gasteiger partial charge on any atom is 0.251 e. The summed E-state index contributed by atoms with van der Waals surface area (Å²) in [4.78, 5) is 13.9. The third-order valence-electron chi connectivity index (χ3n) is 5.03. The van der Waals surface area contributed by atoms with Crippen LogP contribution in [0.2, 0.25) is 0 Å². The number of carbonyl (C=O) groups is 1. The predicted octanol–water partition coefficient (Wildman–Crippen LogP) is 4.08. The van der Waals surface area contributed by atoms with E-state index in [-0.39, 0.29) is 10.8 Å². The molecule has 1 amide bonds. The van der Waals surface area contributed by atoms with Gasteiger partial charge < -0.3 is 5.32 Å². The van der Waals surface area contributed by atoms with Crippen molar-refractivity contribution >= 4 is 27.7 Å². The molecule has 1 saturated heterocycles. The van der Waals surface area contributed by atoms with E-state index in [0.29, 0.717) is 30.8 Å². The van der Waals surface area contributed by atoms with Crippen molar-refractivity contribution in [2.24, 2.45) is 0 Å². The minimum Gasteiger partial charge on any atom is -0.351 e. The normalized spacial score (nSPS) is 15.6. The van der Waals surface area contributed by atoms with Gasteiger partial charge in [-0.25, -0.2) is 8.42 Å². The van der Waals surface area contributed by atoms with E-state index >= 15 is 0 Å². The molecule has 0 bridgehead atoms. The molecule has 1 N–H and O–H groups in total. The fourth-order valence-corrected chi connectivity index (χ4v) is 5.95. The Bertz CT molecular complexity index is 922. The molecular formula is C22H28N2O3S2.